The van der Waals surface area contributed by atoms with Crippen LogP contribution in [0.4, 0.5) is 18.9 Å². The molecule has 0 atom stereocenters. The maximum absolute atomic E-state index is 12.8. The normalized spacial score (nSPS) is 17.4. The zero-order valence-electron chi connectivity index (χ0n) is 9.15. The molecule has 17 heavy (non-hydrogen) atoms. The van der Waals surface area contributed by atoms with E-state index in [1.54, 1.807) is 6.07 Å². The summed E-state index contributed by atoms with van der Waals surface area (Å²) >= 11 is 3.07. The molecule has 2 rings (SSSR count). The minimum absolute atomic E-state index is 0.178. The Balaban J connectivity index is 2.25. The highest BCUT2D eigenvalue weighted by atomic mass is 79.9. The summed E-state index contributed by atoms with van der Waals surface area (Å²) in [6, 6.07) is 4.42. The molecule has 94 valence electrons. The van der Waals surface area contributed by atoms with Crippen LogP contribution in [0.5, 0.6) is 0 Å². The lowest BCUT2D eigenvalue weighted by atomic mass is 10.1. The number of nitrogens with one attached hydrogen (secondary N) is 1. The van der Waals surface area contributed by atoms with Gasteiger partial charge in [-0.05, 0) is 31.0 Å². The first kappa shape index (κ1) is 12.7. The molecule has 0 aliphatic heterocycles. The molecule has 1 aromatic carbocycles. The van der Waals surface area contributed by atoms with Crippen molar-refractivity contribution in [3.05, 3.63) is 28.2 Å². The van der Waals surface area contributed by atoms with Gasteiger partial charge in [-0.2, -0.15) is 13.2 Å². The highest BCUT2D eigenvalue weighted by molar-refractivity contribution is 9.10. The molecule has 0 amide bonds. The van der Waals surface area contributed by atoms with Crippen molar-refractivity contribution < 1.29 is 13.2 Å². The van der Waals surface area contributed by atoms with Gasteiger partial charge in [-0.3, -0.25) is 0 Å². The Bertz CT molecular complexity index is 397. The van der Waals surface area contributed by atoms with Gasteiger partial charge in [-0.25, -0.2) is 0 Å². The Morgan fingerprint density at radius 2 is 1.82 bits per heavy atom. The van der Waals surface area contributed by atoms with Crippen LogP contribution in [0.2, 0.25) is 0 Å². The molecule has 0 unspecified atom stereocenters. The van der Waals surface area contributed by atoms with Crippen molar-refractivity contribution in [3.8, 4) is 0 Å². The smallest absolute Gasteiger partial charge is 0.382 e. The van der Waals surface area contributed by atoms with E-state index >= 15 is 0 Å². The van der Waals surface area contributed by atoms with Crippen molar-refractivity contribution in [3.63, 3.8) is 0 Å². The van der Waals surface area contributed by atoms with Crippen LogP contribution in [0.1, 0.15) is 31.2 Å². The highest BCUT2D eigenvalue weighted by Gasteiger charge is 2.34. The average molecular weight is 308 g/mol. The molecule has 0 bridgehead atoms. The summed E-state index contributed by atoms with van der Waals surface area (Å²) in [6.07, 6.45) is -0.226. The zero-order chi connectivity index (χ0) is 12.5. The lowest BCUT2D eigenvalue weighted by Crippen LogP contribution is -2.18. The van der Waals surface area contributed by atoms with Crippen LogP contribution < -0.4 is 5.32 Å². The van der Waals surface area contributed by atoms with Crippen LogP contribution in [0.25, 0.3) is 0 Å². The van der Waals surface area contributed by atoms with E-state index in [0.29, 0.717) is 4.47 Å². The molecule has 0 saturated heterocycles. The number of halogens is 4. The number of alkyl halides is 3. The van der Waals surface area contributed by atoms with Crippen molar-refractivity contribution >= 4 is 21.6 Å². The molecule has 0 spiro atoms. The quantitative estimate of drug-likeness (QED) is 0.826. The lowest BCUT2D eigenvalue weighted by Gasteiger charge is -2.18. The van der Waals surface area contributed by atoms with E-state index < -0.39 is 11.7 Å². The van der Waals surface area contributed by atoms with Crippen LogP contribution in [-0.4, -0.2) is 6.04 Å². The predicted molar refractivity (Wildman–Crippen MR) is 65.0 cm³/mol. The largest absolute Gasteiger partial charge is 0.418 e. The molecule has 1 aromatic rings. The summed E-state index contributed by atoms with van der Waals surface area (Å²) in [4.78, 5) is 0. The average Bonchev–Trinajstić information content (AvgIpc) is 2.72. The van der Waals surface area contributed by atoms with E-state index in [0.717, 1.165) is 31.7 Å². The van der Waals surface area contributed by atoms with Crippen LogP contribution in [0, 0.1) is 0 Å². The SMILES string of the molecule is FC(F)(F)c1cc(Br)ccc1NC1CCCC1. The first-order chi connectivity index (χ1) is 7.97. The summed E-state index contributed by atoms with van der Waals surface area (Å²) in [5, 5.41) is 3.00. The Morgan fingerprint density at radius 1 is 1.18 bits per heavy atom. The third-order valence-corrected chi connectivity index (χ3v) is 3.50. The fraction of sp³-hybridized carbons (Fsp3) is 0.500. The third kappa shape index (κ3) is 3.15. The molecule has 1 N–H and O–H groups in total. The Kier molecular flexibility index (Phi) is 3.66. The topological polar surface area (TPSA) is 12.0 Å². The van der Waals surface area contributed by atoms with E-state index in [1.807, 2.05) is 0 Å². The summed E-state index contributed by atoms with van der Waals surface area (Å²) in [5.74, 6) is 0. The van der Waals surface area contributed by atoms with E-state index in [9.17, 15) is 13.2 Å². The van der Waals surface area contributed by atoms with Crippen molar-refractivity contribution in [2.75, 3.05) is 5.32 Å². The second-order valence-corrected chi connectivity index (χ2v) is 5.23. The van der Waals surface area contributed by atoms with Crippen LogP contribution in [0.3, 0.4) is 0 Å². The van der Waals surface area contributed by atoms with Gasteiger partial charge >= 0.3 is 6.18 Å². The van der Waals surface area contributed by atoms with Gasteiger partial charge in [0.25, 0.3) is 0 Å². The molecule has 1 fully saturated rings. The van der Waals surface area contributed by atoms with Gasteiger partial charge in [0, 0.05) is 16.2 Å². The number of hydrogen-bond acceptors (Lipinski definition) is 1. The second kappa shape index (κ2) is 4.88. The fourth-order valence-corrected chi connectivity index (χ4v) is 2.53. The summed E-state index contributed by atoms with van der Waals surface area (Å²) < 4.78 is 39.0. The van der Waals surface area contributed by atoms with Crippen molar-refractivity contribution in [1.29, 1.82) is 0 Å². The third-order valence-electron chi connectivity index (χ3n) is 3.00. The Hall–Kier alpha value is -0.710. The summed E-state index contributed by atoms with van der Waals surface area (Å²) in [5.41, 5.74) is -0.411. The minimum atomic E-state index is -4.31. The van der Waals surface area contributed by atoms with E-state index in [-0.39, 0.29) is 11.7 Å². The van der Waals surface area contributed by atoms with Crippen molar-refractivity contribution in [2.24, 2.45) is 0 Å². The molecule has 0 heterocycles. The predicted octanol–water partition coefficient (Wildman–Crippen LogP) is 4.82. The van der Waals surface area contributed by atoms with Gasteiger partial charge in [-0.15, -0.1) is 0 Å². The molecule has 1 aliphatic rings. The monoisotopic (exact) mass is 307 g/mol. The number of benzene rings is 1. The molecule has 0 radical (unpaired) electrons. The molecular weight excluding hydrogens is 295 g/mol. The Labute approximate surface area is 107 Å². The first-order valence-electron chi connectivity index (χ1n) is 5.60. The van der Waals surface area contributed by atoms with Crippen LogP contribution in [0.15, 0.2) is 22.7 Å². The minimum Gasteiger partial charge on any atom is -0.382 e. The van der Waals surface area contributed by atoms with Gasteiger partial charge in [0.2, 0.25) is 0 Å². The molecule has 1 nitrogen and oxygen atoms in total. The van der Waals surface area contributed by atoms with Crippen LogP contribution >= 0.6 is 15.9 Å². The number of rotatable bonds is 2. The van der Waals surface area contributed by atoms with E-state index in [1.165, 1.54) is 6.07 Å². The molecule has 1 aliphatic carbocycles. The summed E-state index contributed by atoms with van der Waals surface area (Å²) in [7, 11) is 0. The molecule has 0 aromatic heterocycles. The lowest BCUT2D eigenvalue weighted by molar-refractivity contribution is -0.137. The van der Waals surface area contributed by atoms with E-state index in [2.05, 4.69) is 21.2 Å². The van der Waals surface area contributed by atoms with Crippen molar-refractivity contribution in [2.45, 2.75) is 37.9 Å². The van der Waals surface area contributed by atoms with Gasteiger partial charge in [0.15, 0.2) is 0 Å². The molecular formula is C12H13BrF3N. The number of anilines is 1. The van der Waals surface area contributed by atoms with Gasteiger partial charge < -0.3 is 5.32 Å². The maximum Gasteiger partial charge on any atom is 0.418 e. The first-order valence-corrected chi connectivity index (χ1v) is 6.39. The molecule has 5 heteroatoms. The Morgan fingerprint density at radius 3 is 2.41 bits per heavy atom. The summed E-state index contributed by atoms with van der Waals surface area (Å²) in [6.45, 7) is 0. The van der Waals surface area contributed by atoms with E-state index in [4.69, 9.17) is 0 Å². The van der Waals surface area contributed by atoms with Gasteiger partial charge in [0.05, 0.1) is 5.56 Å². The van der Waals surface area contributed by atoms with Gasteiger partial charge in [-0.1, -0.05) is 28.8 Å². The maximum atomic E-state index is 12.8. The standard InChI is InChI=1S/C12H13BrF3N/c13-8-5-6-11(10(7-8)12(14,15)16)17-9-3-1-2-4-9/h5-7,9,17H,1-4H2. The van der Waals surface area contributed by atoms with Crippen LogP contribution in [-0.2, 0) is 6.18 Å². The second-order valence-electron chi connectivity index (χ2n) is 4.31. The highest BCUT2D eigenvalue weighted by Crippen LogP contribution is 2.37. The van der Waals surface area contributed by atoms with Gasteiger partial charge in [0.1, 0.15) is 0 Å². The zero-order valence-corrected chi connectivity index (χ0v) is 10.7. The number of hydrogen-bond donors (Lipinski definition) is 1. The molecule has 1 saturated carbocycles. The van der Waals surface area contributed by atoms with Crippen molar-refractivity contribution in [1.82, 2.24) is 0 Å². The fourth-order valence-electron chi connectivity index (χ4n) is 2.17.